The summed E-state index contributed by atoms with van der Waals surface area (Å²) < 4.78 is 5.41. The maximum atomic E-state index is 12.2. The third kappa shape index (κ3) is 9.06. The zero-order valence-corrected chi connectivity index (χ0v) is 18.9. The minimum atomic E-state index is -0.253. The van der Waals surface area contributed by atoms with Gasteiger partial charge < -0.3 is 4.74 Å². The van der Waals surface area contributed by atoms with E-state index >= 15 is 0 Å². The van der Waals surface area contributed by atoms with E-state index in [2.05, 4.69) is 23.8 Å². The molecule has 0 atom stereocenters. The summed E-state index contributed by atoms with van der Waals surface area (Å²) in [4.78, 5) is 21.2. The van der Waals surface area contributed by atoms with Crippen molar-refractivity contribution in [3.63, 3.8) is 0 Å². The highest BCUT2D eigenvalue weighted by Crippen LogP contribution is 2.17. The monoisotopic (exact) mass is 410 g/mol. The molecule has 2 aromatic rings. The molecule has 0 N–H and O–H groups in total. The van der Waals surface area contributed by atoms with Crippen LogP contribution in [-0.4, -0.2) is 22.5 Å². The van der Waals surface area contributed by atoms with Gasteiger partial charge in [-0.15, -0.1) is 0 Å². The molecule has 4 heteroatoms. The molecule has 0 saturated carbocycles. The SMILES string of the molecule is CCCCCCCCCCOC(=O)c1ccc(-c2ncc(CCCCC)cn2)cc1. The van der Waals surface area contributed by atoms with E-state index in [0.29, 0.717) is 18.0 Å². The summed E-state index contributed by atoms with van der Waals surface area (Å²) in [6.45, 7) is 4.94. The van der Waals surface area contributed by atoms with Gasteiger partial charge in [0.15, 0.2) is 5.82 Å². The third-order valence-electron chi connectivity index (χ3n) is 5.38. The Morgan fingerprint density at radius 1 is 0.767 bits per heavy atom. The van der Waals surface area contributed by atoms with Crippen LogP contribution >= 0.6 is 0 Å². The number of hydrogen-bond donors (Lipinski definition) is 0. The first kappa shape index (κ1) is 24.0. The predicted octanol–water partition coefficient (Wildman–Crippen LogP) is 7.17. The molecule has 0 amide bonds. The lowest BCUT2D eigenvalue weighted by molar-refractivity contribution is 0.0497. The smallest absolute Gasteiger partial charge is 0.338 e. The highest BCUT2D eigenvalue weighted by molar-refractivity contribution is 5.89. The third-order valence-corrected chi connectivity index (χ3v) is 5.38. The van der Waals surface area contributed by atoms with Crippen molar-refractivity contribution < 1.29 is 9.53 Å². The molecule has 0 saturated heterocycles. The number of carbonyl (C=O) groups excluding carboxylic acids is 1. The number of rotatable bonds is 15. The van der Waals surface area contributed by atoms with Crippen LogP contribution in [0.15, 0.2) is 36.7 Å². The van der Waals surface area contributed by atoms with Gasteiger partial charge in [-0.05, 0) is 37.0 Å². The summed E-state index contributed by atoms with van der Waals surface area (Å²) in [5, 5.41) is 0. The van der Waals surface area contributed by atoms with Crippen molar-refractivity contribution in [1.82, 2.24) is 9.97 Å². The van der Waals surface area contributed by atoms with Gasteiger partial charge in [-0.3, -0.25) is 0 Å². The Hall–Kier alpha value is -2.23. The zero-order chi connectivity index (χ0) is 21.4. The first-order valence-corrected chi connectivity index (χ1v) is 11.8. The highest BCUT2D eigenvalue weighted by atomic mass is 16.5. The molecule has 30 heavy (non-hydrogen) atoms. The molecule has 0 aliphatic heterocycles. The minimum absolute atomic E-state index is 0.253. The zero-order valence-electron chi connectivity index (χ0n) is 18.9. The maximum Gasteiger partial charge on any atom is 0.338 e. The number of esters is 1. The summed E-state index contributed by atoms with van der Waals surface area (Å²) in [5.74, 6) is 0.435. The molecule has 164 valence electrons. The molecule has 1 aromatic heterocycles. The minimum Gasteiger partial charge on any atom is -0.462 e. The van der Waals surface area contributed by atoms with Gasteiger partial charge in [0.05, 0.1) is 12.2 Å². The quantitative estimate of drug-likeness (QED) is 0.231. The second kappa shape index (κ2) is 14.7. The molecular formula is C26H38N2O2. The van der Waals surface area contributed by atoms with Crippen LogP contribution < -0.4 is 0 Å². The average Bonchev–Trinajstić information content (AvgIpc) is 2.78. The van der Waals surface area contributed by atoms with Crippen LogP contribution in [0.4, 0.5) is 0 Å². The van der Waals surface area contributed by atoms with Gasteiger partial charge in [0.1, 0.15) is 0 Å². The molecular weight excluding hydrogens is 372 g/mol. The van der Waals surface area contributed by atoms with Gasteiger partial charge in [-0.1, -0.05) is 83.8 Å². The van der Waals surface area contributed by atoms with Gasteiger partial charge in [0.25, 0.3) is 0 Å². The van der Waals surface area contributed by atoms with Crippen molar-refractivity contribution in [3.8, 4) is 11.4 Å². The van der Waals surface area contributed by atoms with Crippen molar-refractivity contribution in [3.05, 3.63) is 47.8 Å². The molecule has 4 nitrogen and oxygen atoms in total. The lowest BCUT2D eigenvalue weighted by Gasteiger charge is -2.06. The normalized spacial score (nSPS) is 10.9. The number of unbranched alkanes of at least 4 members (excludes halogenated alkanes) is 9. The van der Waals surface area contributed by atoms with E-state index < -0.39 is 0 Å². The topological polar surface area (TPSA) is 52.1 Å². The van der Waals surface area contributed by atoms with Crippen molar-refractivity contribution in [2.75, 3.05) is 6.61 Å². The Morgan fingerprint density at radius 2 is 1.33 bits per heavy atom. The van der Waals surface area contributed by atoms with E-state index in [1.807, 2.05) is 24.5 Å². The second-order valence-electron chi connectivity index (χ2n) is 8.06. The van der Waals surface area contributed by atoms with Crippen LogP contribution in [0.2, 0.25) is 0 Å². The number of nitrogens with zero attached hydrogens (tertiary/aromatic N) is 2. The number of hydrogen-bond acceptors (Lipinski definition) is 4. The molecule has 0 aliphatic carbocycles. The highest BCUT2D eigenvalue weighted by Gasteiger charge is 2.08. The molecule has 0 unspecified atom stereocenters. The van der Waals surface area contributed by atoms with Crippen molar-refractivity contribution in [2.24, 2.45) is 0 Å². The van der Waals surface area contributed by atoms with Crippen molar-refractivity contribution >= 4 is 5.97 Å². The fraction of sp³-hybridized carbons (Fsp3) is 0.577. The summed E-state index contributed by atoms with van der Waals surface area (Å²) in [7, 11) is 0. The van der Waals surface area contributed by atoms with Crippen LogP contribution in [0.1, 0.15) is 100 Å². The Bertz CT molecular complexity index is 711. The Balaban J connectivity index is 1.70. The second-order valence-corrected chi connectivity index (χ2v) is 8.06. The molecule has 0 radical (unpaired) electrons. The van der Waals surface area contributed by atoms with Gasteiger partial charge in [0.2, 0.25) is 0 Å². The summed E-state index contributed by atoms with van der Waals surface area (Å²) in [6, 6.07) is 7.37. The molecule has 0 aliphatic rings. The standard InChI is InChI=1S/C26H38N2O2/c1-3-5-7-8-9-10-11-13-19-30-26(29)24-17-15-23(16-18-24)25-27-20-22(21-28-25)14-12-6-4-2/h15-18,20-21H,3-14,19H2,1-2H3. The summed E-state index contributed by atoms with van der Waals surface area (Å²) in [6.07, 6.45) is 18.3. The lowest BCUT2D eigenvalue weighted by Crippen LogP contribution is -2.06. The Labute approximate surface area is 182 Å². The lowest BCUT2D eigenvalue weighted by atomic mass is 10.1. The van der Waals surface area contributed by atoms with Crippen molar-refractivity contribution in [2.45, 2.75) is 90.9 Å². The number of aromatic nitrogens is 2. The molecule has 1 heterocycles. The van der Waals surface area contributed by atoms with Gasteiger partial charge in [-0.25, -0.2) is 14.8 Å². The van der Waals surface area contributed by atoms with E-state index in [4.69, 9.17) is 4.74 Å². The van der Waals surface area contributed by atoms with Crippen LogP contribution in [0.25, 0.3) is 11.4 Å². The summed E-state index contributed by atoms with van der Waals surface area (Å²) >= 11 is 0. The maximum absolute atomic E-state index is 12.2. The van der Waals surface area contributed by atoms with Crippen LogP contribution in [0, 0.1) is 0 Å². The van der Waals surface area contributed by atoms with Crippen LogP contribution in [0.5, 0.6) is 0 Å². The number of aryl methyl sites for hydroxylation is 1. The van der Waals surface area contributed by atoms with Crippen LogP contribution in [-0.2, 0) is 11.2 Å². The Morgan fingerprint density at radius 3 is 1.97 bits per heavy atom. The fourth-order valence-corrected chi connectivity index (χ4v) is 3.45. The van der Waals surface area contributed by atoms with E-state index in [9.17, 15) is 4.79 Å². The molecule has 0 fully saturated rings. The first-order chi connectivity index (χ1) is 14.7. The van der Waals surface area contributed by atoms with E-state index in [0.717, 1.165) is 24.8 Å². The first-order valence-electron chi connectivity index (χ1n) is 11.8. The summed E-state index contributed by atoms with van der Waals surface area (Å²) in [5.41, 5.74) is 2.66. The van der Waals surface area contributed by atoms with E-state index in [1.165, 1.54) is 63.4 Å². The van der Waals surface area contributed by atoms with E-state index in [-0.39, 0.29) is 5.97 Å². The number of carbonyl (C=O) groups is 1. The molecule has 2 rings (SSSR count). The molecule has 1 aromatic carbocycles. The average molecular weight is 411 g/mol. The largest absolute Gasteiger partial charge is 0.462 e. The van der Waals surface area contributed by atoms with E-state index in [1.54, 1.807) is 12.1 Å². The predicted molar refractivity (Wildman–Crippen MR) is 124 cm³/mol. The molecule has 0 bridgehead atoms. The van der Waals surface area contributed by atoms with Gasteiger partial charge in [-0.2, -0.15) is 0 Å². The Kier molecular flexibility index (Phi) is 11.8. The van der Waals surface area contributed by atoms with Crippen LogP contribution in [0.3, 0.4) is 0 Å². The number of benzene rings is 1. The van der Waals surface area contributed by atoms with Crippen molar-refractivity contribution in [1.29, 1.82) is 0 Å². The molecule has 0 spiro atoms. The number of ether oxygens (including phenoxy) is 1. The van der Waals surface area contributed by atoms with Gasteiger partial charge >= 0.3 is 5.97 Å². The fourth-order valence-electron chi connectivity index (χ4n) is 3.45. The van der Waals surface area contributed by atoms with Gasteiger partial charge in [0, 0.05) is 18.0 Å².